The minimum atomic E-state index is -0.632. The van der Waals surface area contributed by atoms with Gasteiger partial charge in [-0.3, -0.25) is 9.78 Å². The maximum atomic E-state index is 12.4. The Kier molecular flexibility index (Phi) is 1.90. The van der Waals surface area contributed by atoms with Gasteiger partial charge in [0, 0.05) is 0 Å². The monoisotopic (exact) mass is 269 g/mol. The highest BCUT2D eigenvalue weighted by atomic mass is 16.4. The number of aromatic nitrogens is 1. The summed E-state index contributed by atoms with van der Waals surface area (Å²) >= 11 is 0. The van der Waals surface area contributed by atoms with Gasteiger partial charge in [0.25, 0.3) is 0 Å². The van der Waals surface area contributed by atoms with Gasteiger partial charge in [-0.15, -0.1) is 0 Å². The molecule has 6 nitrogen and oxygen atoms in total. The second-order valence-corrected chi connectivity index (χ2v) is 4.41. The third-order valence-electron chi connectivity index (χ3n) is 3.24. The summed E-state index contributed by atoms with van der Waals surface area (Å²) in [5, 5.41) is 10.4. The number of hydrogen-bond donors (Lipinski definition) is 2. The van der Waals surface area contributed by atoms with E-state index in [4.69, 9.17) is 8.83 Å². The van der Waals surface area contributed by atoms with Crippen LogP contribution in [0.25, 0.3) is 33.0 Å². The summed E-state index contributed by atoms with van der Waals surface area (Å²) in [5.41, 5.74) is 0.586. The number of oxazole rings is 1. The average molecular weight is 269 g/mol. The molecule has 2 aromatic heterocycles. The van der Waals surface area contributed by atoms with Crippen molar-refractivity contribution in [3.05, 3.63) is 51.1 Å². The Hall–Kier alpha value is -3.02. The van der Waals surface area contributed by atoms with Gasteiger partial charge in [-0.2, -0.15) is 0 Å². The fourth-order valence-corrected chi connectivity index (χ4v) is 2.34. The van der Waals surface area contributed by atoms with Crippen LogP contribution in [0.2, 0.25) is 0 Å². The largest absolute Gasteiger partial charge is 0.504 e. The SMILES string of the molecule is O=c1[nH]c2c(ccc3c(=O)c4cccc(O)c4oc32)o1. The molecule has 2 aromatic carbocycles. The summed E-state index contributed by atoms with van der Waals surface area (Å²) in [6, 6.07) is 7.63. The first-order valence-corrected chi connectivity index (χ1v) is 5.85. The highest BCUT2D eigenvalue weighted by molar-refractivity contribution is 6.03. The Morgan fingerprint density at radius 3 is 2.60 bits per heavy atom. The fraction of sp³-hybridized carbons (Fsp3) is 0. The van der Waals surface area contributed by atoms with Crippen molar-refractivity contribution in [2.75, 3.05) is 0 Å². The van der Waals surface area contributed by atoms with Crippen molar-refractivity contribution in [3.8, 4) is 5.75 Å². The molecule has 2 N–H and O–H groups in total. The van der Waals surface area contributed by atoms with E-state index in [2.05, 4.69) is 4.98 Å². The molecular weight excluding hydrogens is 262 g/mol. The van der Waals surface area contributed by atoms with Gasteiger partial charge >= 0.3 is 5.76 Å². The Morgan fingerprint density at radius 1 is 0.950 bits per heavy atom. The zero-order chi connectivity index (χ0) is 13.9. The Bertz CT molecular complexity index is 1100. The van der Waals surface area contributed by atoms with Crippen LogP contribution < -0.4 is 11.2 Å². The molecule has 0 atom stereocenters. The molecule has 98 valence electrons. The van der Waals surface area contributed by atoms with Gasteiger partial charge in [0.05, 0.1) is 10.8 Å². The summed E-state index contributed by atoms with van der Waals surface area (Å²) in [5.74, 6) is -0.767. The number of phenolic OH excluding ortho intramolecular Hbond substituents is 1. The van der Waals surface area contributed by atoms with E-state index in [1.807, 2.05) is 0 Å². The maximum Gasteiger partial charge on any atom is 0.417 e. The van der Waals surface area contributed by atoms with Gasteiger partial charge in [0.2, 0.25) is 5.43 Å². The predicted octanol–water partition coefficient (Wildman–Crippen LogP) is 2.09. The van der Waals surface area contributed by atoms with E-state index >= 15 is 0 Å². The molecule has 0 saturated carbocycles. The van der Waals surface area contributed by atoms with E-state index in [0.29, 0.717) is 16.5 Å². The first-order valence-electron chi connectivity index (χ1n) is 5.85. The lowest BCUT2D eigenvalue weighted by molar-refractivity contribution is 0.468. The lowest BCUT2D eigenvalue weighted by Crippen LogP contribution is -2.02. The maximum absolute atomic E-state index is 12.4. The van der Waals surface area contributed by atoms with Gasteiger partial charge in [-0.05, 0) is 24.3 Å². The van der Waals surface area contributed by atoms with Crippen LogP contribution in [0.3, 0.4) is 0 Å². The van der Waals surface area contributed by atoms with E-state index in [-0.39, 0.29) is 27.7 Å². The van der Waals surface area contributed by atoms with E-state index < -0.39 is 5.76 Å². The van der Waals surface area contributed by atoms with Gasteiger partial charge in [-0.25, -0.2) is 4.79 Å². The number of aromatic hydroxyl groups is 1. The van der Waals surface area contributed by atoms with Crippen molar-refractivity contribution in [3.63, 3.8) is 0 Å². The molecule has 0 unspecified atom stereocenters. The average Bonchev–Trinajstić information content (AvgIpc) is 2.81. The molecule has 0 bridgehead atoms. The number of fused-ring (bicyclic) bond motifs is 4. The molecule has 0 spiro atoms. The highest BCUT2D eigenvalue weighted by Crippen LogP contribution is 2.28. The van der Waals surface area contributed by atoms with Crippen LogP contribution in [0.15, 0.2) is 48.8 Å². The lowest BCUT2D eigenvalue weighted by atomic mass is 10.1. The van der Waals surface area contributed by atoms with Crippen molar-refractivity contribution in [2.45, 2.75) is 0 Å². The quantitative estimate of drug-likeness (QED) is 0.476. The third-order valence-corrected chi connectivity index (χ3v) is 3.24. The van der Waals surface area contributed by atoms with Gasteiger partial charge in [0.15, 0.2) is 22.5 Å². The molecule has 0 aliphatic rings. The summed E-state index contributed by atoms with van der Waals surface area (Å²) in [6.45, 7) is 0. The van der Waals surface area contributed by atoms with Crippen LogP contribution in [-0.4, -0.2) is 10.1 Å². The van der Waals surface area contributed by atoms with Crippen molar-refractivity contribution >= 4 is 33.0 Å². The lowest BCUT2D eigenvalue weighted by Gasteiger charge is -2.02. The molecule has 2 heterocycles. The highest BCUT2D eigenvalue weighted by Gasteiger charge is 2.14. The second-order valence-electron chi connectivity index (χ2n) is 4.41. The van der Waals surface area contributed by atoms with E-state index in [9.17, 15) is 14.7 Å². The number of rotatable bonds is 0. The second kappa shape index (κ2) is 3.51. The van der Waals surface area contributed by atoms with Crippen molar-refractivity contribution in [2.24, 2.45) is 0 Å². The minimum Gasteiger partial charge on any atom is -0.504 e. The summed E-state index contributed by atoms with van der Waals surface area (Å²) in [4.78, 5) is 26.1. The number of hydrogen-bond acceptors (Lipinski definition) is 5. The molecule has 0 aliphatic carbocycles. The zero-order valence-electron chi connectivity index (χ0n) is 9.97. The molecule has 0 radical (unpaired) electrons. The first-order chi connectivity index (χ1) is 9.65. The van der Waals surface area contributed by atoms with Crippen LogP contribution in [0.5, 0.6) is 5.75 Å². The van der Waals surface area contributed by atoms with E-state index in [1.165, 1.54) is 18.2 Å². The molecule has 0 saturated heterocycles. The van der Waals surface area contributed by atoms with Gasteiger partial charge in [-0.1, -0.05) is 6.07 Å². The molecule has 6 heteroatoms. The standard InChI is InChI=1S/C14H7NO5/c16-8-3-1-2-6-11(17)7-4-5-9-10(15-14(18)19-9)13(7)20-12(6)8/h1-5,16H,(H,15,18). The van der Waals surface area contributed by atoms with Crippen molar-refractivity contribution in [1.82, 2.24) is 4.98 Å². The number of phenols is 1. The number of benzene rings is 2. The van der Waals surface area contributed by atoms with Crippen LogP contribution in [0.1, 0.15) is 0 Å². The molecule has 0 fully saturated rings. The van der Waals surface area contributed by atoms with Crippen molar-refractivity contribution < 1.29 is 13.9 Å². The predicted molar refractivity (Wildman–Crippen MR) is 72.0 cm³/mol. The van der Waals surface area contributed by atoms with Crippen LogP contribution in [-0.2, 0) is 0 Å². The van der Waals surface area contributed by atoms with Crippen molar-refractivity contribution in [1.29, 1.82) is 0 Å². The smallest absolute Gasteiger partial charge is 0.417 e. The summed E-state index contributed by atoms with van der Waals surface area (Å²) in [7, 11) is 0. The summed E-state index contributed by atoms with van der Waals surface area (Å²) < 4.78 is 10.5. The Labute approximate surface area is 109 Å². The zero-order valence-corrected chi connectivity index (χ0v) is 9.97. The Morgan fingerprint density at radius 2 is 1.75 bits per heavy atom. The van der Waals surface area contributed by atoms with Crippen LogP contribution in [0.4, 0.5) is 0 Å². The number of nitrogens with one attached hydrogen (secondary N) is 1. The minimum absolute atomic E-state index is 0.0829. The molecular formula is C14H7NO5. The number of H-pyrrole nitrogens is 1. The van der Waals surface area contributed by atoms with Crippen LogP contribution >= 0.6 is 0 Å². The van der Waals surface area contributed by atoms with Gasteiger partial charge in [0.1, 0.15) is 5.52 Å². The number of para-hydroxylation sites is 1. The molecule has 0 aliphatic heterocycles. The fourth-order valence-electron chi connectivity index (χ4n) is 2.34. The molecule has 4 rings (SSSR count). The number of aromatic amines is 1. The van der Waals surface area contributed by atoms with E-state index in [1.54, 1.807) is 12.1 Å². The van der Waals surface area contributed by atoms with Crippen LogP contribution in [0, 0.1) is 0 Å². The summed E-state index contributed by atoms with van der Waals surface area (Å²) in [6.07, 6.45) is 0. The third kappa shape index (κ3) is 1.27. The molecule has 0 amide bonds. The van der Waals surface area contributed by atoms with E-state index in [0.717, 1.165) is 0 Å². The van der Waals surface area contributed by atoms with Gasteiger partial charge < -0.3 is 13.9 Å². The first kappa shape index (κ1) is 10.9. The Balaban J connectivity index is 2.38. The topological polar surface area (TPSA) is 96.4 Å². The normalized spacial score (nSPS) is 11.6. The molecule has 20 heavy (non-hydrogen) atoms. The molecule has 4 aromatic rings.